The van der Waals surface area contributed by atoms with E-state index in [1.807, 2.05) is 30.7 Å². The molecule has 0 radical (unpaired) electrons. The van der Waals surface area contributed by atoms with Gasteiger partial charge in [-0.2, -0.15) is 0 Å². The first-order chi connectivity index (χ1) is 29.8. The van der Waals surface area contributed by atoms with Gasteiger partial charge in [0.25, 0.3) is 11.8 Å². The molecule has 310 valence electrons. The zero-order valence-electron chi connectivity index (χ0n) is 33.9. The van der Waals surface area contributed by atoms with Gasteiger partial charge in [0.2, 0.25) is 17.7 Å². The second-order valence-corrected chi connectivity index (χ2v) is 16.5. The number of carbonyl (C=O) groups excluding carboxylic acids is 4. The highest BCUT2D eigenvalue weighted by Crippen LogP contribution is 2.35. The van der Waals surface area contributed by atoms with Gasteiger partial charge in [-0.25, -0.2) is 4.98 Å². The van der Waals surface area contributed by atoms with E-state index in [4.69, 9.17) is 14.2 Å². The van der Waals surface area contributed by atoms with Crippen molar-refractivity contribution in [2.45, 2.75) is 75.7 Å². The number of nitrogens with one attached hydrogen (secondary N) is 1. The molecule has 13 heteroatoms. The molecule has 0 spiro atoms. The monoisotopic (exact) mass is 818 g/mol. The van der Waals surface area contributed by atoms with Crippen LogP contribution in [0.1, 0.15) is 71.2 Å². The van der Waals surface area contributed by atoms with Gasteiger partial charge < -0.3 is 23.7 Å². The molecule has 1 atom stereocenters. The molecule has 1 saturated carbocycles. The molecule has 1 N–H and O–H groups in total. The van der Waals surface area contributed by atoms with E-state index in [9.17, 15) is 19.2 Å². The van der Waals surface area contributed by atoms with E-state index < -0.39 is 29.7 Å². The van der Waals surface area contributed by atoms with E-state index in [1.165, 1.54) is 22.2 Å². The summed E-state index contributed by atoms with van der Waals surface area (Å²) in [6.07, 6.45) is 11.7. The van der Waals surface area contributed by atoms with Crippen molar-refractivity contribution in [1.29, 1.82) is 0 Å². The third kappa shape index (κ3) is 7.58. The van der Waals surface area contributed by atoms with Crippen molar-refractivity contribution in [3.63, 3.8) is 0 Å². The first-order valence-electron chi connectivity index (χ1n) is 21.2. The van der Waals surface area contributed by atoms with Crippen LogP contribution in [0, 0.1) is 0 Å². The number of fused-ring (bicyclic) bond motifs is 4. The topological polar surface area (TPSA) is 145 Å². The SMILES string of the molecule is Cn1c2ccncc2c2ccc(-c3ccc(OC4CC(OC5CCN(c6cccc(CCCOc7ccc8c(c7)C(=O)N(C7CCC(=O)NC7=O)C8=O)c6)CC5)C4)nc3)cc21. The smallest absolute Gasteiger partial charge is 0.262 e. The van der Waals surface area contributed by atoms with Gasteiger partial charge in [0, 0.05) is 91.6 Å². The highest BCUT2D eigenvalue weighted by atomic mass is 16.5. The summed E-state index contributed by atoms with van der Waals surface area (Å²) in [5, 5.41) is 4.57. The van der Waals surface area contributed by atoms with Crippen LogP contribution in [0.15, 0.2) is 97.5 Å². The summed E-state index contributed by atoms with van der Waals surface area (Å²) in [6, 6.07) is 25.1. The largest absolute Gasteiger partial charge is 0.494 e. The normalized spacial score (nSPS) is 20.6. The van der Waals surface area contributed by atoms with Crippen molar-refractivity contribution in [3.8, 4) is 22.8 Å². The lowest BCUT2D eigenvalue weighted by molar-refractivity contribution is -0.136. The number of nitrogens with zero attached hydrogens (tertiary/aromatic N) is 5. The minimum absolute atomic E-state index is 0.0783. The maximum Gasteiger partial charge on any atom is 0.262 e. The molecule has 4 amide bonds. The van der Waals surface area contributed by atoms with Gasteiger partial charge in [-0.3, -0.25) is 34.4 Å². The lowest BCUT2D eigenvalue weighted by atomic mass is 9.91. The number of pyridine rings is 2. The fourth-order valence-corrected chi connectivity index (χ4v) is 9.19. The number of hydrogen-bond acceptors (Lipinski definition) is 10. The van der Waals surface area contributed by atoms with Crippen molar-refractivity contribution in [2.75, 3.05) is 24.6 Å². The molecule has 3 aromatic heterocycles. The molecular formula is C48H46N6O7. The fourth-order valence-electron chi connectivity index (χ4n) is 9.19. The van der Waals surface area contributed by atoms with Gasteiger partial charge in [-0.1, -0.05) is 24.3 Å². The second-order valence-electron chi connectivity index (χ2n) is 16.5. The Morgan fingerprint density at radius 2 is 1.61 bits per heavy atom. The Morgan fingerprint density at radius 3 is 2.43 bits per heavy atom. The number of aromatic nitrogens is 3. The third-order valence-corrected chi connectivity index (χ3v) is 12.6. The van der Waals surface area contributed by atoms with Crippen LogP contribution < -0.4 is 19.7 Å². The summed E-state index contributed by atoms with van der Waals surface area (Å²) in [5.74, 6) is -0.976. The van der Waals surface area contributed by atoms with Gasteiger partial charge >= 0.3 is 0 Å². The summed E-state index contributed by atoms with van der Waals surface area (Å²) < 4.78 is 20.9. The van der Waals surface area contributed by atoms with E-state index in [0.717, 1.165) is 78.5 Å². The maximum atomic E-state index is 13.2. The zero-order valence-corrected chi connectivity index (χ0v) is 33.9. The van der Waals surface area contributed by atoms with Crippen LogP contribution in [0.2, 0.25) is 0 Å². The molecular weight excluding hydrogens is 773 g/mol. The Hall–Kier alpha value is -6.60. The van der Waals surface area contributed by atoms with E-state index in [-0.39, 0.29) is 42.3 Å². The Labute approximate surface area is 352 Å². The van der Waals surface area contributed by atoms with Crippen LogP contribution in [0.4, 0.5) is 5.69 Å². The van der Waals surface area contributed by atoms with Crippen molar-refractivity contribution in [2.24, 2.45) is 7.05 Å². The Morgan fingerprint density at radius 1 is 0.770 bits per heavy atom. The van der Waals surface area contributed by atoms with Gasteiger partial charge in [-0.05, 0) is 91.8 Å². The highest BCUT2D eigenvalue weighted by Gasteiger charge is 2.44. The summed E-state index contributed by atoms with van der Waals surface area (Å²) in [5.41, 5.74) is 7.37. The molecule has 3 aromatic carbocycles. The van der Waals surface area contributed by atoms with Crippen molar-refractivity contribution in [1.82, 2.24) is 24.8 Å². The average molecular weight is 819 g/mol. The van der Waals surface area contributed by atoms with Crippen LogP contribution in [0.25, 0.3) is 32.9 Å². The number of hydrogen-bond donors (Lipinski definition) is 1. The van der Waals surface area contributed by atoms with Crippen LogP contribution >= 0.6 is 0 Å². The second kappa shape index (κ2) is 16.1. The van der Waals surface area contributed by atoms with Crippen molar-refractivity contribution >= 4 is 51.1 Å². The number of amides is 4. The molecule has 61 heavy (non-hydrogen) atoms. The van der Waals surface area contributed by atoms with Gasteiger partial charge in [0.15, 0.2) is 0 Å². The van der Waals surface area contributed by atoms with Gasteiger partial charge in [0.1, 0.15) is 17.9 Å². The standard InChI is InChI=1S/C48H46N6O7/c1-52-41-15-18-49-28-40(41)37-10-7-30(23-43(37)52)31-8-14-45(50-27-31)61-36-24-35(25-36)60-33-16-19-53(20-17-33)32-6-2-4-29(22-32)5-3-21-59-34-9-11-38-39(26-34)48(58)54(47(38)57)42-12-13-44(55)51-46(42)56/h2,4,6-11,14-15,18,22-23,26-28,33,35-36,42H,3,5,12-13,16-17,19-21,24-25H2,1H3,(H,51,55,56). The predicted octanol–water partition coefficient (Wildman–Crippen LogP) is 6.80. The minimum Gasteiger partial charge on any atom is -0.494 e. The third-order valence-electron chi connectivity index (χ3n) is 12.6. The number of benzene rings is 3. The predicted molar refractivity (Wildman–Crippen MR) is 229 cm³/mol. The molecule has 3 fully saturated rings. The lowest BCUT2D eigenvalue weighted by Crippen LogP contribution is -2.54. The van der Waals surface area contributed by atoms with E-state index >= 15 is 0 Å². The van der Waals surface area contributed by atoms with E-state index in [1.54, 1.807) is 18.2 Å². The molecule has 0 bridgehead atoms. The Bertz CT molecular complexity index is 2680. The van der Waals surface area contributed by atoms with Gasteiger partial charge in [0.05, 0.1) is 35.5 Å². The highest BCUT2D eigenvalue weighted by molar-refractivity contribution is 6.23. The molecule has 1 unspecified atom stereocenters. The number of imide groups is 2. The number of rotatable bonds is 12. The number of piperidine rings is 2. The van der Waals surface area contributed by atoms with E-state index in [0.29, 0.717) is 18.2 Å². The molecule has 6 aromatic rings. The molecule has 4 aliphatic rings. The van der Waals surface area contributed by atoms with Crippen LogP contribution in [-0.2, 0) is 27.8 Å². The lowest BCUT2D eigenvalue weighted by Gasteiger charge is -2.40. The molecule has 13 nitrogen and oxygen atoms in total. The van der Waals surface area contributed by atoms with Gasteiger partial charge in [-0.15, -0.1) is 0 Å². The fraction of sp³-hybridized carbons (Fsp3) is 0.333. The summed E-state index contributed by atoms with van der Waals surface area (Å²) >= 11 is 0. The number of anilines is 1. The Balaban J connectivity index is 0.648. The minimum atomic E-state index is -0.995. The van der Waals surface area contributed by atoms with Crippen LogP contribution in [0.5, 0.6) is 11.6 Å². The van der Waals surface area contributed by atoms with Crippen molar-refractivity contribution < 1.29 is 33.4 Å². The quantitative estimate of drug-likeness (QED) is 0.103. The summed E-state index contributed by atoms with van der Waals surface area (Å²) in [6.45, 7) is 2.31. The number of aryl methyl sites for hydroxylation is 2. The molecule has 3 aliphatic heterocycles. The average Bonchev–Trinajstić information content (AvgIpc) is 3.69. The first kappa shape index (κ1) is 38.6. The summed E-state index contributed by atoms with van der Waals surface area (Å²) in [7, 11) is 2.09. The number of carbonyl (C=O) groups is 4. The van der Waals surface area contributed by atoms with Crippen molar-refractivity contribution in [3.05, 3.63) is 114 Å². The van der Waals surface area contributed by atoms with Crippen LogP contribution in [0.3, 0.4) is 0 Å². The zero-order chi connectivity index (χ0) is 41.6. The number of ether oxygens (including phenoxy) is 3. The summed E-state index contributed by atoms with van der Waals surface area (Å²) in [4.78, 5) is 62.5. The van der Waals surface area contributed by atoms with Crippen LogP contribution in [-0.4, -0.2) is 87.1 Å². The molecule has 1 aliphatic carbocycles. The van der Waals surface area contributed by atoms with E-state index in [2.05, 4.69) is 80.3 Å². The first-order valence-corrected chi connectivity index (χ1v) is 21.2. The maximum absolute atomic E-state index is 13.2. The molecule has 6 heterocycles. The molecule has 2 saturated heterocycles. The Kier molecular flexibility index (Phi) is 10.2. The molecule has 10 rings (SSSR count).